The van der Waals surface area contributed by atoms with Crippen LogP contribution in [0.25, 0.3) is 0 Å². The highest BCUT2D eigenvalue weighted by atomic mass is 79.9. The van der Waals surface area contributed by atoms with Gasteiger partial charge in [0, 0.05) is 25.2 Å². The number of rotatable bonds is 3. The molecular formula is C17H26BrN3O2. The zero-order valence-electron chi connectivity index (χ0n) is 14.3. The van der Waals surface area contributed by atoms with Crippen LogP contribution < -0.4 is 5.32 Å². The van der Waals surface area contributed by atoms with Crippen LogP contribution in [0.2, 0.25) is 0 Å². The SMILES string of the molecule is CC1C(NCc2cccc(Br)n2)CCCN1C(=O)OC(C)(C)C. The molecule has 1 aromatic rings. The lowest BCUT2D eigenvalue weighted by Crippen LogP contribution is -2.55. The number of ether oxygens (including phenoxy) is 1. The van der Waals surface area contributed by atoms with Gasteiger partial charge in [0.25, 0.3) is 0 Å². The Morgan fingerprint density at radius 3 is 2.87 bits per heavy atom. The topological polar surface area (TPSA) is 54.5 Å². The van der Waals surface area contributed by atoms with Crippen molar-refractivity contribution < 1.29 is 9.53 Å². The third-order valence-corrected chi connectivity index (χ3v) is 4.38. The first-order chi connectivity index (χ1) is 10.8. The van der Waals surface area contributed by atoms with Crippen molar-refractivity contribution in [2.24, 2.45) is 0 Å². The van der Waals surface area contributed by atoms with Gasteiger partial charge >= 0.3 is 6.09 Å². The molecule has 23 heavy (non-hydrogen) atoms. The lowest BCUT2D eigenvalue weighted by Gasteiger charge is -2.40. The van der Waals surface area contributed by atoms with Gasteiger partial charge in [-0.05, 0) is 68.6 Å². The molecule has 1 N–H and O–H groups in total. The molecule has 2 unspecified atom stereocenters. The standard InChI is InChI=1S/C17H26BrN3O2/c1-12-14(19-11-13-7-5-9-15(18)20-13)8-6-10-21(12)16(22)23-17(2,3)4/h5,7,9,12,14,19H,6,8,10-11H2,1-4H3. The smallest absolute Gasteiger partial charge is 0.410 e. The Kier molecular flexibility index (Phi) is 6.03. The minimum Gasteiger partial charge on any atom is -0.444 e. The predicted octanol–water partition coefficient (Wildman–Crippen LogP) is 3.72. The molecular weight excluding hydrogens is 358 g/mol. The molecule has 6 heteroatoms. The van der Waals surface area contributed by atoms with Crippen LogP contribution in [0.15, 0.2) is 22.8 Å². The van der Waals surface area contributed by atoms with Crippen molar-refractivity contribution in [1.82, 2.24) is 15.2 Å². The zero-order valence-corrected chi connectivity index (χ0v) is 15.9. The molecule has 2 heterocycles. The Hall–Kier alpha value is -1.14. The highest BCUT2D eigenvalue weighted by Crippen LogP contribution is 2.21. The quantitative estimate of drug-likeness (QED) is 0.807. The summed E-state index contributed by atoms with van der Waals surface area (Å²) in [5, 5.41) is 3.53. The maximum absolute atomic E-state index is 12.3. The van der Waals surface area contributed by atoms with Crippen LogP contribution in [0.1, 0.15) is 46.2 Å². The molecule has 128 valence electrons. The summed E-state index contributed by atoms with van der Waals surface area (Å²) < 4.78 is 6.35. The number of piperidine rings is 1. The number of carbonyl (C=O) groups is 1. The van der Waals surface area contributed by atoms with E-state index in [-0.39, 0.29) is 18.2 Å². The number of aromatic nitrogens is 1. The van der Waals surface area contributed by atoms with Crippen molar-refractivity contribution in [1.29, 1.82) is 0 Å². The number of nitrogens with zero attached hydrogens (tertiary/aromatic N) is 2. The van der Waals surface area contributed by atoms with Crippen LogP contribution in [0, 0.1) is 0 Å². The number of amides is 1. The van der Waals surface area contributed by atoms with Gasteiger partial charge in [0.05, 0.1) is 5.69 Å². The van der Waals surface area contributed by atoms with E-state index in [1.807, 2.05) is 43.9 Å². The number of hydrogen-bond donors (Lipinski definition) is 1. The molecule has 0 radical (unpaired) electrons. The first-order valence-electron chi connectivity index (χ1n) is 8.11. The van der Waals surface area contributed by atoms with E-state index in [1.165, 1.54) is 0 Å². The van der Waals surface area contributed by atoms with Crippen molar-refractivity contribution in [3.8, 4) is 0 Å². The van der Waals surface area contributed by atoms with Gasteiger partial charge in [-0.2, -0.15) is 0 Å². The number of hydrogen-bond acceptors (Lipinski definition) is 4. The van der Waals surface area contributed by atoms with Crippen molar-refractivity contribution >= 4 is 22.0 Å². The lowest BCUT2D eigenvalue weighted by molar-refractivity contribution is 0.00697. The number of nitrogens with one attached hydrogen (secondary N) is 1. The van der Waals surface area contributed by atoms with E-state index in [4.69, 9.17) is 4.74 Å². The van der Waals surface area contributed by atoms with Crippen molar-refractivity contribution in [2.75, 3.05) is 6.54 Å². The van der Waals surface area contributed by atoms with Gasteiger partial charge in [0.2, 0.25) is 0 Å². The van der Waals surface area contributed by atoms with Gasteiger partial charge in [0.15, 0.2) is 0 Å². The van der Waals surface area contributed by atoms with Crippen LogP contribution >= 0.6 is 15.9 Å². The third kappa shape index (κ3) is 5.46. The van der Waals surface area contributed by atoms with Crippen LogP contribution in [0.4, 0.5) is 4.79 Å². The van der Waals surface area contributed by atoms with Gasteiger partial charge in [-0.15, -0.1) is 0 Å². The Balaban J connectivity index is 1.94. The normalized spacial score (nSPS) is 22.0. The first kappa shape index (κ1) is 18.2. The number of pyridine rings is 1. The molecule has 1 aliphatic rings. The molecule has 0 bridgehead atoms. The average Bonchev–Trinajstić information content (AvgIpc) is 2.44. The lowest BCUT2D eigenvalue weighted by atomic mass is 9.97. The molecule has 1 saturated heterocycles. The highest BCUT2D eigenvalue weighted by molar-refractivity contribution is 9.10. The zero-order chi connectivity index (χ0) is 17.0. The minimum atomic E-state index is -0.461. The summed E-state index contributed by atoms with van der Waals surface area (Å²) in [7, 11) is 0. The number of carbonyl (C=O) groups excluding carboxylic acids is 1. The fourth-order valence-corrected chi connectivity index (χ4v) is 3.16. The Morgan fingerprint density at radius 1 is 1.48 bits per heavy atom. The molecule has 2 atom stereocenters. The molecule has 1 amide bonds. The summed E-state index contributed by atoms with van der Waals surface area (Å²) in [6, 6.07) is 6.24. The Bertz CT molecular complexity index is 545. The van der Waals surface area contributed by atoms with E-state index in [0.29, 0.717) is 6.54 Å². The fraction of sp³-hybridized carbons (Fsp3) is 0.647. The predicted molar refractivity (Wildman–Crippen MR) is 94.2 cm³/mol. The molecule has 5 nitrogen and oxygen atoms in total. The van der Waals surface area contributed by atoms with Gasteiger partial charge in [-0.1, -0.05) is 6.07 Å². The second-order valence-corrected chi connectivity index (χ2v) is 7.81. The van der Waals surface area contributed by atoms with E-state index < -0.39 is 5.60 Å². The van der Waals surface area contributed by atoms with E-state index in [2.05, 4.69) is 33.2 Å². The molecule has 1 aromatic heterocycles. The molecule has 0 spiro atoms. The molecule has 0 saturated carbocycles. The van der Waals surface area contributed by atoms with E-state index in [1.54, 1.807) is 0 Å². The van der Waals surface area contributed by atoms with Gasteiger partial charge in [0.1, 0.15) is 10.2 Å². The largest absolute Gasteiger partial charge is 0.444 e. The van der Waals surface area contributed by atoms with Gasteiger partial charge < -0.3 is 15.0 Å². The molecule has 2 rings (SSSR count). The maximum Gasteiger partial charge on any atom is 0.410 e. The monoisotopic (exact) mass is 383 g/mol. The summed E-state index contributed by atoms with van der Waals surface area (Å²) in [4.78, 5) is 18.6. The summed E-state index contributed by atoms with van der Waals surface area (Å²) in [5.41, 5.74) is 0.526. The summed E-state index contributed by atoms with van der Waals surface area (Å²) in [6.45, 7) is 9.21. The highest BCUT2D eigenvalue weighted by Gasteiger charge is 2.33. The van der Waals surface area contributed by atoms with E-state index in [0.717, 1.165) is 29.7 Å². The van der Waals surface area contributed by atoms with Crippen LogP contribution in [-0.4, -0.2) is 40.2 Å². The first-order valence-corrected chi connectivity index (χ1v) is 8.90. The van der Waals surface area contributed by atoms with Gasteiger partial charge in [-0.3, -0.25) is 0 Å². The fourth-order valence-electron chi connectivity index (χ4n) is 2.78. The Morgan fingerprint density at radius 2 is 2.22 bits per heavy atom. The van der Waals surface area contributed by atoms with Crippen LogP contribution in [-0.2, 0) is 11.3 Å². The van der Waals surface area contributed by atoms with Crippen LogP contribution in [0.3, 0.4) is 0 Å². The molecule has 0 aliphatic carbocycles. The summed E-state index contributed by atoms with van der Waals surface area (Å²) in [6.07, 6.45) is 1.80. The molecule has 1 aliphatic heterocycles. The summed E-state index contributed by atoms with van der Waals surface area (Å²) >= 11 is 3.39. The van der Waals surface area contributed by atoms with Crippen molar-refractivity contribution in [3.05, 3.63) is 28.5 Å². The summed E-state index contributed by atoms with van der Waals surface area (Å²) in [5.74, 6) is 0. The second kappa shape index (κ2) is 7.62. The van der Waals surface area contributed by atoms with E-state index in [9.17, 15) is 4.79 Å². The van der Waals surface area contributed by atoms with E-state index >= 15 is 0 Å². The molecule has 1 fully saturated rings. The van der Waals surface area contributed by atoms with Crippen LogP contribution in [0.5, 0.6) is 0 Å². The maximum atomic E-state index is 12.3. The van der Waals surface area contributed by atoms with Gasteiger partial charge in [-0.25, -0.2) is 9.78 Å². The number of halogens is 1. The molecule has 0 aromatic carbocycles. The Labute approximate surface area is 146 Å². The van der Waals surface area contributed by atoms with Crippen molar-refractivity contribution in [2.45, 2.75) is 64.8 Å². The number of likely N-dealkylation sites (tertiary alicyclic amines) is 1. The minimum absolute atomic E-state index is 0.103. The average molecular weight is 384 g/mol. The van der Waals surface area contributed by atoms with Crippen molar-refractivity contribution in [3.63, 3.8) is 0 Å². The third-order valence-electron chi connectivity index (χ3n) is 3.93. The second-order valence-electron chi connectivity index (χ2n) is 7.00.